The van der Waals surface area contributed by atoms with Crippen LogP contribution in [0.2, 0.25) is 0 Å². The molecule has 0 bridgehead atoms. The van der Waals surface area contributed by atoms with Gasteiger partial charge in [-0.05, 0) is 13.8 Å². The van der Waals surface area contributed by atoms with Crippen LogP contribution in [0, 0.1) is 11.3 Å². The number of aromatic nitrogens is 3. The van der Waals surface area contributed by atoms with Crippen LogP contribution >= 0.6 is 11.8 Å². The second kappa shape index (κ2) is 4.14. The molecule has 0 aliphatic heterocycles. The Bertz CT molecular complexity index is 375. The fourth-order valence-electron chi connectivity index (χ4n) is 0.857. The zero-order chi connectivity index (χ0) is 9.84. The molecule has 1 rings (SSSR count). The molecule has 1 heterocycles. The second-order valence-electron chi connectivity index (χ2n) is 2.44. The molecule has 0 saturated heterocycles. The van der Waals surface area contributed by atoms with Crippen molar-refractivity contribution in [3.8, 4) is 6.07 Å². The molecule has 5 nitrogen and oxygen atoms in total. The fourth-order valence-corrected chi connectivity index (χ4v) is 1.66. The molecule has 0 aromatic carbocycles. The highest BCUT2D eigenvalue weighted by atomic mass is 32.2. The van der Waals surface area contributed by atoms with E-state index in [-0.39, 0.29) is 10.9 Å². The van der Waals surface area contributed by atoms with E-state index in [1.54, 1.807) is 6.92 Å². The number of hydrogen-bond donors (Lipinski definition) is 1. The maximum absolute atomic E-state index is 11.1. The van der Waals surface area contributed by atoms with Gasteiger partial charge in [-0.25, -0.2) is 9.89 Å². The van der Waals surface area contributed by atoms with E-state index < -0.39 is 0 Å². The number of rotatable bonds is 3. The standard InChI is InChI=1S/C7H10N4OS/c1-3-11-6(12)9-10-7(11)13-5(2)4-8/h5H,3H2,1-2H3,(H,9,12). The average Bonchev–Trinajstić information content (AvgIpc) is 2.46. The summed E-state index contributed by atoms with van der Waals surface area (Å²) >= 11 is 1.28. The summed E-state index contributed by atoms with van der Waals surface area (Å²) in [7, 11) is 0. The molecule has 0 spiro atoms. The number of H-pyrrole nitrogens is 1. The first-order valence-corrected chi connectivity index (χ1v) is 4.78. The number of nitrogens with zero attached hydrogens (tertiary/aromatic N) is 3. The lowest BCUT2D eigenvalue weighted by Crippen LogP contribution is -2.16. The Labute approximate surface area is 79.8 Å². The van der Waals surface area contributed by atoms with E-state index in [9.17, 15) is 4.79 Å². The molecule has 70 valence electrons. The van der Waals surface area contributed by atoms with Crippen molar-refractivity contribution < 1.29 is 0 Å². The molecule has 0 aliphatic carbocycles. The van der Waals surface area contributed by atoms with E-state index in [4.69, 9.17) is 5.26 Å². The highest BCUT2D eigenvalue weighted by Gasteiger charge is 2.10. The second-order valence-corrected chi connectivity index (χ2v) is 3.75. The van der Waals surface area contributed by atoms with Crippen molar-refractivity contribution >= 4 is 11.8 Å². The normalized spacial score (nSPS) is 12.4. The van der Waals surface area contributed by atoms with Crippen molar-refractivity contribution in [2.24, 2.45) is 0 Å². The Hall–Kier alpha value is -1.22. The van der Waals surface area contributed by atoms with Gasteiger partial charge >= 0.3 is 5.69 Å². The number of nitrogens with one attached hydrogen (secondary N) is 1. The van der Waals surface area contributed by atoms with E-state index >= 15 is 0 Å². The SMILES string of the molecule is CCn1c(SC(C)C#N)n[nH]c1=O. The molecule has 0 radical (unpaired) electrons. The topological polar surface area (TPSA) is 74.5 Å². The minimum absolute atomic E-state index is 0.194. The van der Waals surface area contributed by atoms with Crippen LogP contribution in [0.1, 0.15) is 13.8 Å². The molecule has 0 saturated carbocycles. The summed E-state index contributed by atoms with van der Waals surface area (Å²) in [4.78, 5) is 11.1. The van der Waals surface area contributed by atoms with Gasteiger partial charge in [0.15, 0.2) is 5.16 Å². The molecule has 0 fully saturated rings. The van der Waals surface area contributed by atoms with E-state index in [1.807, 2.05) is 6.92 Å². The van der Waals surface area contributed by atoms with Gasteiger partial charge in [0, 0.05) is 6.54 Å². The van der Waals surface area contributed by atoms with Crippen LogP contribution in [0.15, 0.2) is 9.95 Å². The van der Waals surface area contributed by atoms with Gasteiger partial charge in [-0.15, -0.1) is 5.10 Å². The van der Waals surface area contributed by atoms with Gasteiger partial charge in [-0.3, -0.25) is 4.57 Å². The third kappa shape index (κ3) is 2.12. The van der Waals surface area contributed by atoms with Gasteiger partial charge in [0.25, 0.3) is 0 Å². The van der Waals surface area contributed by atoms with Gasteiger partial charge in [-0.1, -0.05) is 11.8 Å². The number of hydrogen-bond acceptors (Lipinski definition) is 4. The van der Waals surface area contributed by atoms with Crippen molar-refractivity contribution in [2.75, 3.05) is 0 Å². The van der Waals surface area contributed by atoms with Crippen molar-refractivity contribution in [1.29, 1.82) is 5.26 Å². The van der Waals surface area contributed by atoms with Crippen molar-refractivity contribution in [1.82, 2.24) is 14.8 Å². The average molecular weight is 198 g/mol. The molecule has 1 atom stereocenters. The predicted octanol–water partition coefficient (Wildman–Crippen LogP) is 0.595. The number of nitriles is 1. The molecule has 1 aromatic rings. The van der Waals surface area contributed by atoms with Crippen molar-refractivity contribution in [3.63, 3.8) is 0 Å². The number of aromatic amines is 1. The summed E-state index contributed by atoms with van der Waals surface area (Å²) in [5.41, 5.74) is -0.227. The van der Waals surface area contributed by atoms with Gasteiger partial charge < -0.3 is 0 Å². The lowest BCUT2D eigenvalue weighted by Gasteiger charge is -2.01. The summed E-state index contributed by atoms with van der Waals surface area (Å²) in [5, 5.41) is 15.1. The first-order chi connectivity index (χ1) is 6.19. The lowest BCUT2D eigenvalue weighted by molar-refractivity contribution is 0.660. The minimum Gasteiger partial charge on any atom is -0.270 e. The van der Waals surface area contributed by atoms with Crippen molar-refractivity contribution in [3.05, 3.63) is 10.5 Å². The first kappa shape index (κ1) is 9.86. The quantitative estimate of drug-likeness (QED) is 0.721. The zero-order valence-electron chi connectivity index (χ0n) is 7.44. The highest BCUT2D eigenvalue weighted by Crippen LogP contribution is 2.18. The summed E-state index contributed by atoms with van der Waals surface area (Å²) < 4.78 is 1.50. The molecular formula is C7H10N4OS. The van der Waals surface area contributed by atoms with Crippen LogP contribution < -0.4 is 5.69 Å². The molecular weight excluding hydrogens is 188 g/mol. The molecule has 1 unspecified atom stereocenters. The minimum atomic E-state index is -0.227. The van der Waals surface area contributed by atoms with Gasteiger partial charge in [0.2, 0.25) is 0 Å². The summed E-state index contributed by atoms with van der Waals surface area (Å²) in [6.07, 6.45) is 0. The first-order valence-electron chi connectivity index (χ1n) is 3.90. The predicted molar refractivity (Wildman–Crippen MR) is 49.5 cm³/mol. The summed E-state index contributed by atoms with van der Waals surface area (Å²) in [6, 6.07) is 2.07. The fraction of sp³-hybridized carbons (Fsp3) is 0.571. The molecule has 0 aliphatic rings. The maximum Gasteiger partial charge on any atom is 0.343 e. The molecule has 0 amide bonds. The van der Waals surface area contributed by atoms with Crippen LogP contribution in [0.25, 0.3) is 0 Å². The van der Waals surface area contributed by atoms with Crippen LogP contribution in [0.3, 0.4) is 0 Å². The van der Waals surface area contributed by atoms with Gasteiger partial charge in [0.05, 0.1) is 11.3 Å². The molecule has 13 heavy (non-hydrogen) atoms. The maximum atomic E-state index is 11.1. The summed E-state index contributed by atoms with van der Waals surface area (Å²) in [6.45, 7) is 4.19. The number of thioether (sulfide) groups is 1. The Morgan fingerprint density at radius 1 is 1.85 bits per heavy atom. The molecule has 1 N–H and O–H groups in total. The van der Waals surface area contributed by atoms with E-state index in [0.717, 1.165) is 0 Å². The third-order valence-corrected chi connectivity index (χ3v) is 2.48. The van der Waals surface area contributed by atoms with Crippen LogP contribution in [-0.2, 0) is 6.54 Å². The van der Waals surface area contributed by atoms with Gasteiger partial charge in [-0.2, -0.15) is 5.26 Å². The van der Waals surface area contributed by atoms with E-state index in [0.29, 0.717) is 11.7 Å². The molecule has 6 heteroatoms. The monoisotopic (exact) mass is 198 g/mol. The highest BCUT2D eigenvalue weighted by molar-refractivity contribution is 8.00. The zero-order valence-corrected chi connectivity index (χ0v) is 8.26. The summed E-state index contributed by atoms with van der Waals surface area (Å²) in [5.74, 6) is 0. The molecule has 1 aromatic heterocycles. The Morgan fingerprint density at radius 3 is 3.08 bits per heavy atom. The van der Waals surface area contributed by atoms with E-state index in [2.05, 4.69) is 16.3 Å². The van der Waals surface area contributed by atoms with Crippen LogP contribution in [-0.4, -0.2) is 20.0 Å². The Morgan fingerprint density at radius 2 is 2.54 bits per heavy atom. The van der Waals surface area contributed by atoms with Crippen LogP contribution in [0.4, 0.5) is 0 Å². The van der Waals surface area contributed by atoms with Gasteiger partial charge in [0.1, 0.15) is 0 Å². The van der Waals surface area contributed by atoms with Crippen molar-refractivity contribution in [2.45, 2.75) is 30.8 Å². The lowest BCUT2D eigenvalue weighted by atomic mass is 10.5. The smallest absolute Gasteiger partial charge is 0.270 e. The third-order valence-electron chi connectivity index (χ3n) is 1.50. The van der Waals surface area contributed by atoms with Crippen LogP contribution in [0.5, 0.6) is 0 Å². The Kier molecular flexibility index (Phi) is 3.14. The Balaban J connectivity index is 2.90. The largest absolute Gasteiger partial charge is 0.343 e. The van der Waals surface area contributed by atoms with E-state index in [1.165, 1.54) is 16.3 Å².